The van der Waals surface area contributed by atoms with Gasteiger partial charge in [0.1, 0.15) is 5.60 Å². The number of hydrogen-bond acceptors (Lipinski definition) is 4. The van der Waals surface area contributed by atoms with Gasteiger partial charge in [-0.2, -0.15) is 0 Å². The molecule has 1 N–H and O–H groups in total. The van der Waals surface area contributed by atoms with E-state index in [9.17, 15) is 9.59 Å². The Balaban J connectivity index is 1.30. The van der Waals surface area contributed by atoms with Crippen molar-refractivity contribution in [2.45, 2.75) is 57.0 Å². The van der Waals surface area contributed by atoms with Crippen LogP contribution in [0.2, 0.25) is 0 Å². The molecule has 1 heterocycles. The molecule has 6 aliphatic rings. The molecule has 0 saturated heterocycles. The fraction of sp³-hybridized carbons (Fsp3) is 0.400. The molecule has 0 spiro atoms. The summed E-state index contributed by atoms with van der Waals surface area (Å²) >= 11 is 0. The fourth-order valence-corrected chi connectivity index (χ4v) is 7.99. The molecule has 5 aliphatic carbocycles. The third kappa shape index (κ3) is 2.90. The lowest BCUT2D eigenvalue weighted by Gasteiger charge is -2.55. The normalized spacial score (nSPS) is 33.0. The number of rotatable bonds is 3. The van der Waals surface area contributed by atoms with Crippen LogP contribution in [0.15, 0.2) is 71.4 Å². The van der Waals surface area contributed by atoms with Crippen molar-refractivity contribution in [1.82, 2.24) is 5.32 Å². The van der Waals surface area contributed by atoms with E-state index in [-0.39, 0.29) is 17.4 Å². The number of dihydropyridines is 1. The van der Waals surface area contributed by atoms with Crippen LogP contribution in [0.1, 0.15) is 72.9 Å². The number of allylic oxidation sites excluding steroid dienone is 2. The number of ketones is 1. The largest absolute Gasteiger partial charge is 0.456 e. The first-order chi connectivity index (χ1) is 16.5. The van der Waals surface area contributed by atoms with Crippen LogP contribution in [0, 0.1) is 17.8 Å². The van der Waals surface area contributed by atoms with Gasteiger partial charge < -0.3 is 10.1 Å². The van der Waals surface area contributed by atoms with Crippen molar-refractivity contribution < 1.29 is 14.3 Å². The highest BCUT2D eigenvalue weighted by Gasteiger charge is 2.54. The van der Waals surface area contributed by atoms with E-state index >= 15 is 0 Å². The van der Waals surface area contributed by atoms with Gasteiger partial charge in [0, 0.05) is 28.3 Å². The van der Waals surface area contributed by atoms with E-state index in [0.29, 0.717) is 34.5 Å². The Kier molecular flexibility index (Phi) is 4.28. The maximum Gasteiger partial charge on any atom is 0.337 e. The molecule has 8 rings (SSSR count). The molecular weight excluding hydrogens is 422 g/mol. The molecule has 4 heteroatoms. The highest BCUT2D eigenvalue weighted by molar-refractivity contribution is 6.23. The lowest BCUT2D eigenvalue weighted by molar-refractivity contribution is -0.182. The fourth-order valence-electron chi connectivity index (χ4n) is 7.99. The minimum atomic E-state index is -0.432. The van der Waals surface area contributed by atoms with Crippen molar-refractivity contribution in [3.05, 3.63) is 88.1 Å². The first-order valence-corrected chi connectivity index (χ1v) is 12.7. The van der Waals surface area contributed by atoms with Gasteiger partial charge in [-0.05, 0) is 68.8 Å². The van der Waals surface area contributed by atoms with Crippen molar-refractivity contribution in [2.75, 3.05) is 0 Å². The number of carbonyl (C=O) groups is 2. The van der Waals surface area contributed by atoms with Gasteiger partial charge in [-0.15, -0.1) is 0 Å². The molecule has 4 nitrogen and oxygen atoms in total. The second kappa shape index (κ2) is 7.18. The van der Waals surface area contributed by atoms with Crippen molar-refractivity contribution >= 4 is 17.4 Å². The molecule has 0 amide bonds. The van der Waals surface area contributed by atoms with Crippen LogP contribution in [0.5, 0.6) is 0 Å². The van der Waals surface area contributed by atoms with E-state index in [1.807, 2.05) is 61.5 Å². The van der Waals surface area contributed by atoms with Crippen LogP contribution >= 0.6 is 0 Å². The van der Waals surface area contributed by atoms with Crippen LogP contribution < -0.4 is 5.32 Å². The maximum atomic E-state index is 14.0. The summed E-state index contributed by atoms with van der Waals surface area (Å²) in [5.74, 6) is 1.41. The van der Waals surface area contributed by atoms with E-state index < -0.39 is 5.92 Å². The summed E-state index contributed by atoms with van der Waals surface area (Å²) in [5.41, 5.74) is 5.11. The Bertz CT molecular complexity index is 1250. The molecule has 2 aromatic carbocycles. The van der Waals surface area contributed by atoms with Crippen LogP contribution in [0.25, 0.3) is 5.70 Å². The Morgan fingerprint density at radius 2 is 1.47 bits per heavy atom. The topological polar surface area (TPSA) is 55.4 Å². The molecule has 4 saturated carbocycles. The summed E-state index contributed by atoms with van der Waals surface area (Å²) in [6, 6.07) is 17.7. The molecule has 0 aromatic heterocycles. The van der Waals surface area contributed by atoms with E-state index in [1.54, 1.807) is 0 Å². The predicted octanol–water partition coefficient (Wildman–Crippen LogP) is 5.77. The number of fused-ring (bicyclic) bond motifs is 2. The quantitative estimate of drug-likeness (QED) is 0.602. The van der Waals surface area contributed by atoms with E-state index in [4.69, 9.17) is 4.74 Å². The molecule has 1 atom stereocenters. The third-order valence-corrected chi connectivity index (χ3v) is 8.89. The Morgan fingerprint density at radius 3 is 2.12 bits per heavy atom. The Morgan fingerprint density at radius 1 is 0.882 bits per heavy atom. The van der Waals surface area contributed by atoms with Gasteiger partial charge >= 0.3 is 5.97 Å². The monoisotopic (exact) mass is 451 g/mol. The van der Waals surface area contributed by atoms with Gasteiger partial charge in [-0.1, -0.05) is 54.6 Å². The van der Waals surface area contributed by atoms with Gasteiger partial charge in [0.25, 0.3) is 0 Å². The number of Topliss-reactive ketones (excluding diaryl/α,β-unsaturated/α-hetero) is 1. The van der Waals surface area contributed by atoms with Crippen molar-refractivity contribution in [3.63, 3.8) is 0 Å². The molecule has 34 heavy (non-hydrogen) atoms. The zero-order valence-electron chi connectivity index (χ0n) is 19.5. The first-order valence-electron chi connectivity index (χ1n) is 12.7. The van der Waals surface area contributed by atoms with Crippen molar-refractivity contribution in [1.29, 1.82) is 0 Å². The molecule has 4 fully saturated rings. The standard InChI is InChI=1S/C30H29NO3/c1-17-24(29(33)34-30-14-18-11-19(15-30)13-20(12-18)16-30)25(21-7-3-2-4-8-21)26-27(31-17)22-9-5-6-10-23(22)28(26)32/h2-10,18-20,25,31H,11-16H2,1H3/t18?,19?,20?,25-,30?/m0/s1. The van der Waals surface area contributed by atoms with Crippen LogP contribution in [0.3, 0.4) is 0 Å². The lowest BCUT2D eigenvalue weighted by Crippen LogP contribution is -2.53. The minimum Gasteiger partial charge on any atom is -0.456 e. The lowest BCUT2D eigenvalue weighted by atomic mass is 9.54. The average Bonchev–Trinajstić information content (AvgIpc) is 3.09. The number of hydrogen-bond donors (Lipinski definition) is 1. The zero-order valence-corrected chi connectivity index (χ0v) is 19.5. The van der Waals surface area contributed by atoms with Gasteiger partial charge in [-0.3, -0.25) is 4.79 Å². The summed E-state index contributed by atoms with van der Waals surface area (Å²) in [6.07, 6.45) is 6.90. The van der Waals surface area contributed by atoms with Crippen LogP contribution in [0.4, 0.5) is 0 Å². The molecule has 1 aliphatic heterocycles. The first kappa shape index (κ1) is 20.3. The number of nitrogens with one attached hydrogen (secondary N) is 1. The highest BCUT2D eigenvalue weighted by atomic mass is 16.6. The van der Waals surface area contributed by atoms with Gasteiger partial charge in [0.15, 0.2) is 5.78 Å². The smallest absolute Gasteiger partial charge is 0.337 e. The second-order valence-corrected chi connectivity index (χ2v) is 11.2. The third-order valence-electron chi connectivity index (χ3n) is 8.89. The number of ether oxygens (including phenoxy) is 1. The van der Waals surface area contributed by atoms with E-state index in [0.717, 1.165) is 41.8 Å². The van der Waals surface area contributed by atoms with Crippen LogP contribution in [-0.2, 0) is 9.53 Å². The minimum absolute atomic E-state index is 0.000410. The summed E-state index contributed by atoms with van der Waals surface area (Å²) in [7, 11) is 0. The molecular formula is C30H29NO3. The van der Waals surface area contributed by atoms with E-state index in [2.05, 4.69) is 5.32 Å². The molecule has 0 unspecified atom stereocenters. The summed E-state index contributed by atoms with van der Waals surface area (Å²) in [5, 5.41) is 3.44. The van der Waals surface area contributed by atoms with Crippen molar-refractivity contribution in [3.8, 4) is 0 Å². The second-order valence-electron chi connectivity index (χ2n) is 11.2. The predicted molar refractivity (Wildman–Crippen MR) is 130 cm³/mol. The van der Waals surface area contributed by atoms with Gasteiger partial charge in [0.05, 0.1) is 11.3 Å². The average molecular weight is 452 g/mol. The summed E-state index contributed by atoms with van der Waals surface area (Å²) < 4.78 is 6.50. The van der Waals surface area contributed by atoms with Crippen LogP contribution in [-0.4, -0.2) is 17.4 Å². The van der Waals surface area contributed by atoms with E-state index in [1.165, 1.54) is 19.3 Å². The maximum absolute atomic E-state index is 14.0. The number of esters is 1. The molecule has 4 bridgehead atoms. The molecule has 0 radical (unpaired) electrons. The van der Waals surface area contributed by atoms with Gasteiger partial charge in [-0.25, -0.2) is 4.79 Å². The summed E-state index contributed by atoms with van der Waals surface area (Å²) in [4.78, 5) is 27.6. The molecule has 2 aromatic rings. The highest BCUT2D eigenvalue weighted by Crippen LogP contribution is 2.57. The Hall–Kier alpha value is -3.14. The summed E-state index contributed by atoms with van der Waals surface area (Å²) in [6.45, 7) is 1.95. The zero-order chi connectivity index (χ0) is 23.0. The SMILES string of the molecule is CC1=C(C(=O)OC23CC4CC(CC(C4)C2)C3)[C@H](c2ccccc2)C2=C(N1)c1ccccc1C2=O. The Labute approximate surface area is 200 Å². The number of carbonyl (C=O) groups excluding carboxylic acids is 2. The van der Waals surface area contributed by atoms with Crippen molar-refractivity contribution in [2.24, 2.45) is 17.8 Å². The number of benzene rings is 2. The van der Waals surface area contributed by atoms with Gasteiger partial charge in [0.2, 0.25) is 0 Å². The molecule has 172 valence electrons.